The molecular weight excluding hydrogens is 384 g/mol. The minimum Gasteiger partial charge on any atom is -0.0891 e. The number of hydrogen-bond acceptors (Lipinski definition) is 0. The van der Waals surface area contributed by atoms with E-state index >= 15 is 0 Å². The summed E-state index contributed by atoms with van der Waals surface area (Å²) in [6.45, 7) is 0. The van der Waals surface area contributed by atoms with Crippen molar-refractivity contribution in [3.63, 3.8) is 0 Å². The monoisotopic (exact) mass is 400 g/mol. The summed E-state index contributed by atoms with van der Waals surface area (Å²) < 4.78 is 0. The molecule has 0 fully saturated rings. The molecule has 0 saturated carbocycles. The predicted molar refractivity (Wildman–Crippen MR) is 79.6 cm³/mol. The molecule has 0 amide bonds. The molecule has 0 nitrogen and oxygen atoms in total. The van der Waals surface area contributed by atoms with Crippen molar-refractivity contribution < 1.29 is 0 Å². The molecule has 0 aromatic rings. The zero-order valence-corrected chi connectivity index (χ0v) is 13.7. The van der Waals surface area contributed by atoms with Gasteiger partial charge in [0, 0.05) is 14.5 Å². The molecule has 1 aliphatic rings. The second kappa shape index (κ2) is 8.30. The number of halogens is 3. The van der Waals surface area contributed by atoms with E-state index in [1.54, 1.807) is 0 Å². The quantitative estimate of drug-likeness (QED) is 0.366. The first kappa shape index (κ1) is 14.2. The molecule has 0 spiro atoms. The first-order valence-electron chi connectivity index (χ1n) is 5.77. The van der Waals surface area contributed by atoms with E-state index in [9.17, 15) is 0 Å². The van der Waals surface area contributed by atoms with Crippen molar-refractivity contribution in [2.24, 2.45) is 0 Å². The fourth-order valence-corrected chi connectivity index (χ4v) is 3.33. The molecule has 0 aromatic carbocycles. The second-order valence-corrected chi connectivity index (χ2v) is 7.85. The second-order valence-electron chi connectivity index (χ2n) is 4.20. The van der Waals surface area contributed by atoms with E-state index in [1.165, 1.54) is 38.5 Å². The van der Waals surface area contributed by atoms with E-state index in [0.717, 1.165) is 6.42 Å². The Kier molecular flexibility index (Phi) is 7.88. The molecule has 3 atom stereocenters. The fraction of sp³-hybridized carbons (Fsp3) is 0.833. The Morgan fingerprint density at radius 3 is 2.40 bits per heavy atom. The minimum absolute atomic E-state index is 0.577. The van der Waals surface area contributed by atoms with Crippen LogP contribution in [0.15, 0.2) is 12.2 Å². The smallest absolute Gasteiger partial charge is 0.0305 e. The lowest BCUT2D eigenvalue weighted by molar-refractivity contribution is 0.599. The van der Waals surface area contributed by atoms with Gasteiger partial charge in [0.1, 0.15) is 0 Å². The molecule has 3 unspecified atom stereocenters. The van der Waals surface area contributed by atoms with E-state index in [0.29, 0.717) is 14.5 Å². The van der Waals surface area contributed by atoms with Crippen LogP contribution in [0.4, 0.5) is 0 Å². The van der Waals surface area contributed by atoms with Crippen LogP contribution in [0.5, 0.6) is 0 Å². The van der Waals surface area contributed by atoms with Crippen LogP contribution in [0.3, 0.4) is 0 Å². The Morgan fingerprint density at radius 2 is 1.60 bits per heavy atom. The van der Waals surface area contributed by atoms with Crippen LogP contribution in [-0.2, 0) is 0 Å². The number of rotatable bonds is 0. The average Bonchev–Trinajstić information content (AvgIpc) is 2.22. The van der Waals surface area contributed by atoms with Gasteiger partial charge < -0.3 is 0 Å². The lowest BCUT2D eigenvalue weighted by Crippen LogP contribution is -2.15. The van der Waals surface area contributed by atoms with Crippen molar-refractivity contribution in [2.75, 3.05) is 0 Å². The summed E-state index contributed by atoms with van der Waals surface area (Å²) in [7, 11) is 0. The van der Waals surface area contributed by atoms with E-state index in [1.807, 2.05) is 0 Å². The minimum atomic E-state index is 0.577. The maximum absolute atomic E-state index is 3.77. The largest absolute Gasteiger partial charge is 0.0891 e. The van der Waals surface area contributed by atoms with Gasteiger partial charge in [-0.05, 0) is 38.5 Å². The van der Waals surface area contributed by atoms with E-state index in [4.69, 9.17) is 0 Å². The highest BCUT2D eigenvalue weighted by atomic mass is 79.9. The van der Waals surface area contributed by atoms with Crippen molar-refractivity contribution in [2.45, 2.75) is 59.4 Å². The van der Waals surface area contributed by atoms with Crippen LogP contribution in [0.1, 0.15) is 44.9 Å². The van der Waals surface area contributed by atoms with Gasteiger partial charge in [0.25, 0.3) is 0 Å². The third kappa shape index (κ3) is 6.48. The lowest BCUT2D eigenvalue weighted by Gasteiger charge is -2.18. The summed E-state index contributed by atoms with van der Waals surface area (Å²) in [6, 6.07) is 0. The molecule has 0 N–H and O–H groups in total. The topological polar surface area (TPSA) is 0 Å². The average molecular weight is 403 g/mol. The normalized spacial score (nSPS) is 35.5. The highest BCUT2D eigenvalue weighted by Crippen LogP contribution is 2.26. The highest BCUT2D eigenvalue weighted by molar-refractivity contribution is 9.12. The summed E-state index contributed by atoms with van der Waals surface area (Å²) >= 11 is 11.3. The summed E-state index contributed by atoms with van der Waals surface area (Å²) in [4.78, 5) is 1.88. The molecule has 0 heterocycles. The van der Waals surface area contributed by atoms with Crippen molar-refractivity contribution in [3.8, 4) is 0 Å². The number of hydrogen-bond donors (Lipinski definition) is 0. The number of allylic oxidation sites excluding steroid dienone is 2. The van der Waals surface area contributed by atoms with Gasteiger partial charge in [-0.3, -0.25) is 0 Å². The van der Waals surface area contributed by atoms with Gasteiger partial charge in [0.2, 0.25) is 0 Å². The zero-order chi connectivity index (χ0) is 11.1. The molecule has 1 rings (SSSR count). The Balaban J connectivity index is 2.43. The van der Waals surface area contributed by atoms with Crippen molar-refractivity contribution in [1.29, 1.82) is 0 Å². The van der Waals surface area contributed by atoms with Gasteiger partial charge in [-0.2, -0.15) is 0 Å². The molecule has 0 aliphatic heterocycles. The van der Waals surface area contributed by atoms with Crippen molar-refractivity contribution in [1.82, 2.24) is 0 Å². The van der Waals surface area contributed by atoms with Crippen LogP contribution in [-0.4, -0.2) is 14.5 Å². The predicted octanol–water partition coefficient (Wildman–Crippen LogP) is 5.58. The fourth-order valence-electron chi connectivity index (χ4n) is 1.79. The Morgan fingerprint density at radius 1 is 0.800 bits per heavy atom. The molecule has 15 heavy (non-hydrogen) atoms. The molecule has 0 bridgehead atoms. The maximum Gasteiger partial charge on any atom is 0.0305 e. The van der Waals surface area contributed by atoms with Gasteiger partial charge in [-0.25, -0.2) is 0 Å². The van der Waals surface area contributed by atoms with Gasteiger partial charge in [0.05, 0.1) is 0 Å². The van der Waals surface area contributed by atoms with E-state index in [-0.39, 0.29) is 0 Å². The summed E-state index contributed by atoms with van der Waals surface area (Å²) in [6.07, 6.45) is 13.6. The number of alkyl halides is 3. The lowest BCUT2D eigenvalue weighted by atomic mass is 10.0. The maximum atomic E-state index is 3.77. The standard InChI is InChI=1S/C12H19Br3/c13-10-6-4-2-1-3-5-7-11(14)12(15)9-8-10/h3,5,10-12H,1-2,4,6-9H2. The summed E-state index contributed by atoms with van der Waals surface area (Å²) in [5.41, 5.74) is 0. The molecule has 3 heteroatoms. The van der Waals surface area contributed by atoms with Crippen molar-refractivity contribution >= 4 is 47.8 Å². The first-order chi connectivity index (χ1) is 7.20. The Hall–Kier alpha value is 1.18. The van der Waals surface area contributed by atoms with Gasteiger partial charge in [-0.15, -0.1) is 0 Å². The zero-order valence-electron chi connectivity index (χ0n) is 8.97. The molecule has 1 aliphatic carbocycles. The summed E-state index contributed by atoms with van der Waals surface area (Å²) in [5, 5.41) is 0. The third-order valence-electron chi connectivity index (χ3n) is 2.81. The molecule has 0 saturated heterocycles. The van der Waals surface area contributed by atoms with Crippen LogP contribution < -0.4 is 0 Å². The van der Waals surface area contributed by atoms with Crippen LogP contribution >= 0.6 is 47.8 Å². The first-order valence-corrected chi connectivity index (χ1v) is 8.52. The van der Waals surface area contributed by atoms with Crippen LogP contribution in [0, 0.1) is 0 Å². The Bertz CT molecular complexity index is 191. The molecule has 88 valence electrons. The van der Waals surface area contributed by atoms with E-state index < -0.39 is 0 Å². The van der Waals surface area contributed by atoms with Gasteiger partial charge >= 0.3 is 0 Å². The van der Waals surface area contributed by atoms with Gasteiger partial charge in [-0.1, -0.05) is 66.4 Å². The molecule has 0 radical (unpaired) electrons. The Labute approximate surface area is 119 Å². The van der Waals surface area contributed by atoms with E-state index in [2.05, 4.69) is 59.9 Å². The summed E-state index contributed by atoms with van der Waals surface area (Å²) in [5.74, 6) is 0. The molecule has 0 aromatic heterocycles. The van der Waals surface area contributed by atoms with Crippen LogP contribution in [0.2, 0.25) is 0 Å². The molecular formula is C12H19Br3. The van der Waals surface area contributed by atoms with Crippen LogP contribution in [0.25, 0.3) is 0 Å². The van der Waals surface area contributed by atoms with Gasteiger partial charge in [0.15, 0.2) is 0 Å². The third-order valence-corrected chi connectivity index (χ3v) is 6.55. The SMILES string of the molecule is BrC1CCCCC=CCC(Br)C(Br)CC1. The highest BCUT2D eigenvalue weighted by Gasteiger charge is 2.16. The van der Waals surface area contributed by atoms with Crippen molar-refractivity contribution in [3.05, 3.63) is 12.2 Å².